The summed E-state index contributed by atoms with van der Waals surface area (Å²) in [5.74, 6) is -0.917. The number of nitrogens with zero attached hydrogens (tertiary/aromatic N) is 1. The van der Waals surface area contributed by atoms with E-state index in [-0.39, 0.29) is 52.4 Å². The third kappa shape index (κ3) is 6.79. The highest BCUT2D eigenvalue weighted by molar-refractivity contribution is 5.98. The first-order valence-corrected chi connectivity index (χ1v) is 13.7. The van der Waals surface area contributed by atoms with Crippen molar-refractivity contribution in [3.05, 3.63) is 28.4 Å². The van der Waals surface area contributed by atoms with E-state index in [1.54, 1.807) is 0 Å². The number of hydrogen-bond acceptors (Lipinski definition) is 6. The van der Waals surface area contributed by atoms with Crippen LogP contribution in [0.25, 0.3) is 0 Å². The van der Waals surface area contributed by atoms with Crippen LogP contribution in [0.3, 0.4) is 0 Å². The number of nitrogens with one attached hydrogen (secondary N) is 2. The number of ether oxygens (including phenoxy) is 2. The van der Waals surface area contributed by atoms with Crippen molar-refractivity contribution >= 4 is 11.8 Å². The molecule has 2 amide bonds. The van der Waals surface area contributed by atoms with Gasteiger partial charge in [0.2, 0.25) is 5.91 Å². The first-order chi connectivity index (χ1) is 17.8. The van der Waals surface area contributed by atoms with Gasteiger partial charge < -0.3 is 20.1 Å². The van der Waals surface area contributed by atoms with Gasteiger partial charge in [0.05, 0.1) is 31.2 Å². The van der Waals surface area contributed by atoms with Gasteiger partial charge in [0, 0.05) is 18.7 Å². The van der Waals surface area contributed by atoms with E-state index in [0.717, 1.165) is 44.9 Å². The SMILES string of the molecule is COc1cc(F)c(OC2CCC(CN=O)CC2)cc1C(=O)NC1CCCCC1C(=O)NCC1(C)CCC1. The minimum absolute atomic E-state index is 0.00593. The van der Waals surface area contributed by atoms with Crippen LogP contribution < -0.4 is 20.1 Å². The Hall–Kier alpha value is -2.71. The van der Waals surface area contributed by atoms with E-state index in [9.17, 15) is 18.9 Å². The molecular formula is C28H40FN3O5. The lowest BCUT2D eigenvalue weighted by Crippen LogP contribution is -2.50. The minimum Gasteiger partial charge on any atom is -0.496 e. The van der Waals surface area contributed by atoms with Gasteiger partial charge in [-0.15, -0.1) is 0 Å². The first-order valence-electron chi connectivity index (χ1n) is 13.7. The fourth-order valence-corrected chi connectivity index (χ4v) is 5.94. The maximum atomic E-state index is 14.8. The Bertz CT molecular complexity index is 975. The fourth-order valence-electron chi connectivity index (χ4n) is 5.94. The zero-order valence-corrected chi connectivity index (χ0v) is 22.0. The topological polar surface area (TPSA) is 106 Å². The van der Waals surface area contributed by atoms with Crippen LogP contribution in [0.5, 0.6) is 11.5 Å². The summed E-state index contributed by atoms with van der Waals surface area (Å²) >= 11 is 0. The Morgan fingerprint density at radius 2 is 1.78 bits per heavy atom. The highest BCUT2D eigenvalue weighted by Crippen LogP contribution is 2.39. The number of hydrogen-bond donors (Lipinski definition) is 2. The number of methoxy groups -OCH3 is 1. The van der Waals surface area contributed by atoms with Crippen LogP contribution in [-0.4, -0.2) is 44.2 Å². The van der Waals surface area contributed by atoms with Crippen molar-refractivity contribution in [1.29, 1.82) is 0 Å². The average molecular weight is 518 g/mol. The van der Waals surface area contributed by atoms with Crippen LogP contribution in [0, 0.1) is 28.0 Å². The molecule has 9 heteroatoms. The van der Waals surface area contributed by atoms with Gasteiger partial charge in [-0.1, -0.05) is 31.4 Å². The average Bonchev–Trinajstić information content (AvgIpc) is 2.88. The van der Waals surface area contributed by atoms with E-state index < -0.39 is 11.7 Å². The molecule has 1 aromatic carbocycles. The van der Waals surface area contributed by atoms with Crippen molar-refractivity contribution in [3.63, 3.8) is 0 Å². The van der Waals surface area contributed by atoms with Crippen molar-refractivity contribution in [2.45, 2.75) is 89.7 Å². The van der Waals surface area contributed by atoms with Gasteiger partial charge in [0.25, 0.3) is 5.91 Å². The van der Waals surface area contributed by atoms with Gasteiger partial charge in [-0.05, 0) is 68.8 Å². The number of carbonyl (C=O) groups is 2. The maximum Gasteiger partial charge on any atom is 0.255 e. The second kappa shape index (κ2) is 12.2. The summed E-state index contributed by atoms with van der Waals surface area (Å²) in [6.07, 6.45) is 9.60. The van der Waals surface area contributed by atoms with Crippen molar-refractivity contribution in [1.82, 2.24) is 10.6 Å². The molecule has 204 valence electrons. The van der Waals surface area contributed by atoms with Gasteiger partial charge in [0.1, 0.15) is 5.75 Å². The van der Waals surface area contributed by atoms with E-state index >= 15 is 0 Å². The lowest BCUT2D eigenvalue weighted by Gasteiger charge is -2.39. The van der Waals surface area contributed by atoms with Gasteiger partial charge >= 0.3 is 0 Å². The highest BCUT2D eigenvalue weighted by atomic mass is 19.1. The molecule has 2 N–H and O–H groups in total. The molecule has 0 radical (unpaired) electrons. The molecule has 0 bridgehead atoms. The summed E-state index contributed by atoms with van der Waals surface area (Å²) in [7, 11) is 1.40. The summed E-state index contributed by atoms with van der Waals surface area (Å²) < 4.78 is 26.1. The first kappa shape index (κ1) is 27.3. The standard InChI is InChI=1S/C28H40FN3O5/c1-28(12-5-13-28)17-30-26(33)20-6-3-4-7-23(20)32-27(34)21-14-25(22(29)15-24(21)36-2)37-19-10-8-18(9-11-19)16-31-35/h14-15,18-20,23H,3-13,16-17H2,1-2H3,(H,30,33)(H,32,34). The Morgan fingerprint density at radius 1 is 1.05 bits per heavy atom. The smallest absolute Gasteiger partial charge is 0.255 e. The molecule has 0 saturated heterocycles. The molecule has 0 aromatic heterocycles. The second-order valence-corrected chi connectivity index (χ2v) is 11.4. The van der Waals surface area contributed by atoms with Crippen LogP contribution in [0.15, 0.2) is 17.3 Å². The number of carbonyl (C=O) groups excluding carboxylic acids is 2. The fraction of sp³-hybridized carbons (Fsp3) is 0.714. The zero-order chi connectivity index (χ0) is 26.4. The number of amides is 2. The molecule has 3 aliphatic carbocycles. The molecule has 2 unspecified atom stereocenters. The molecule has 37 heavy (non-hydrogen) atoms. The third-order valence-electron chi connectivity index (χ3n) is 8.59. The van der Waals surface area contributed by atoms with Crippen LogP contribution >= 0.6 is 0 Å². The molecular weight excluding hydrogens is 477 g/mol. The Labute approximate surface area is 218 Å². The Morgan fingerprint density at radius 3 is 2.43 bits per heavy atom. The predicted octanol–water partition coefficient (Wildman–Crippen LogP) is 5.13. The molecule has 3 saturated carbocycles. The van der Waals surface area contributed by atoms with Gasteiger partial charge in [-0.3, -0.25) is 9.59 Å². The van der Waals surface area contributed by atoms with E-state index in [4.69, 9.17) is 9.47 Å². The largest absolute Gasteiger partial charge is 0.496 e. The maximum absolute atomic E-state index is 14.8. The van der Waals surface area contributed by atoms with E-state index in [1.165, 1.54) is 25.7 Å². The Balaban J connectivity index is 1.42. The molecule has 1 aromatic rings. The van der Waals surface area contributed by atoms with Gasteiger partial charge in [-0.2, -0.15) is 4.91 Å². The van der Waals surface area contributed by atoms with Gasteiger partial charge in [-0.25, -0.2) is 4.39 Å². The summed E-state index contributed by atoms with van der Waals surface area (Å²) in [5.41, 5.74) is 0.371. The molecule has 0 heterocycles. The molecule has 0 aliphatic heterocycles. The summed E-state index contributed by atoms with van der Waals surface area (Å²) in [6.45, 7) is 3.17. The summed E-state index contributed by atoms with van der Waals surface area (Å²) in [6, 6.07) is 2.28. The lowest BCUT2D eigenvalue weighted by atomic mass is 9.70. The van der Waals surface area contributed by atoms with Crippen LogP contribution in [-0.2, 0) is 4.79 Å². The predicted molar refractivity (Wildman–Crippen MR) is 138 cm³/mol. The molecule has 3 aliphatic rings. The highest BCUT2D eigenvalue weighted by Gasteiger charge is 2.36. The van der Waals surface area contributed by atoms with Crippen molar-refractivity contribution in [2.75, 3.05) is 20.2 Å². The van der Waals surface area contributed by atoms with Crippen molar-refractivity contribution in [3.8, 4) is 11.5 Å². The summed E-state index contributed by atoms with van der Waals surface area (Å²) in [4.78, 5) is 36.9. The normalized spacial score (nSPS) is 26.9. The van der Waals surface area contributed by atoms with E-state index in [1.807, 2.05) is 0 Å². The number of rotatable bonds is 10. The molecule has 3 fully saturated rings. The number of benzene rings is 1. The van der Waals surface area contributed by atoms with E-state index in [0.29, 0.717) is 32.4 Å². The van der Waals surface area contributed by atoms with Crippen LogP contribution in [0.1, 0.15) is 87.9 Å². The monoisotopic (exact) mass is 517 g/mol. The second-order valence-electron chi connectivity index (χ2n) is 11.4. The molecule has 4 rings (SSSR count). The quantitative estimate of drug-likeness (QED) is 0.419. The number of nitroso groups, excluding NO2 is 1. The summed E-state index contributed by atoms with van der Waals surface area (Å²) in [5, 5.41) is 9.15. The van der Waals surface area contributed by atoms with Gasteiger partial charge in [0.15, 0.2) is 11.6 Å². The zero-order valence-electron chi connectivity index (χ0n) is 22.0. The minimum atomic E-state index is -0.593. The molecule has 2 atom stereocenters. The van der Waals surface area contributed by atoms with Crippen LogP contribution in [0.2, 0.25) is 0 Å². The van der Waals surface area contributed by atoms with Crippen molar-refractivity contribution in [2.24, 2.45) is 22.4 Å². The third-order valence-corrected chi connectivity index (χ3v) is 8.59. The Kier molecular flexibility index (Phi) is 9.03. The molecule has 8 nitrogen and oxygen atoms in total. The lowest BCUT2D eigenvalue weighted by molar-refractivity contribution is -0.127. The van der Waals surface area contributed by atoms with E-state index in [2.05, 4.69) is 22.7 Å². The van der Waals surface area contributed by atoms with Crippen molar-refractivity contribution < 1.29 is 23.5 Å². The molecule has 0 spiro atoms. The van der Waals surface area contributed by atoms with Crippen LogP contribution in [0.4, 0.5) is 4.39 Å². The number of halogens is 1.